The maximum atomic E-state index is 12.8. The van der Waals surface area contributed by atoms with E-state index in [9.17, 15) is 14.9 Å². The number of esters is 1. The molecule has 6 nitrogen and oxygen atoms in total. The number of carbonyl (C=O) groups excluding carboxylic acids is 1. The van der Waals surface area contributed by atoms with E-state index >= 15 is 0 Å². The van der Waals surface area contributed by atoms with Gasteiger partial charge in [0.15, 0.2) is 0 Å². The molecule has 0 amide bonds. The summed E-state index contributed by atoms with van der Waals surface area (Å²) in [6.45, 7) is 0. The molecule has 0 aromatic heterocycles. The number of ether oxygens (including phenoxy) is 2. The molecule has 140 valence electrons. The molecule has 28 heavy (non-hydrogen) atoms. The monoisotopic (exact) mass is 375 g/mol. The van der Waals surface area contributed by atoms with Gasteiger partial charge in [-0.05, 0) is 41.5 Å². The summed E-state index contributed by atoms with van der Waals surface area (Å²) < 4.78 is 10.6. The molecular formula is C22H17NO5. The van der Waals surface area contributed by atoms with E-state index in [1.54, 1.807) is 25.3 Å². The van der Waals surface area contributed by atoms with Gasteiger partial charge in [0.1, 0.15) is 11.5 Å². The van der Waals surface area contributed by atoms with E-state index in [4.69, 9.17) is 9.47 Å². The van der Waals surface area contributed by atoms with Crippen LogP contribution in [0.1, 0.15) is 11.1 Å². The van der Waals surface area contributed by atoms with Crippen molar-refractivity contribution in [1.82, 2.24) is 0 Å². The first-order chi connectivity index (χ1) is 13.6. The molecule has 0 spiro atoms. The van der Waals surface area contributed by atoms with E-state index in [1.807, 2.05) is 42.5 Å². The zero-order chi connectivity index (χ0) is 19.9. The molecule has 0 N–H and O–H groups in total. The second-order valence-corrected chi connectivity index (χ2v) is 5.84. The normalized spacial score (nSPS) is 11.0. The lowest BCUT2D eigenvalue weighted by Crippen LogP contribution is -2.10. The molecule has 3 aromatic rings. The van der Waals surface area contributed by atoms with Gasteiger partial charge in [0.05, 0.1) is 17.6 Å². The number of hydrogen-bond donors (Lipinski definition) is 0. The smallest absolute Gasteiger partial charge is 0.344 e. The van der Waals surface area contributed by atoms with Crippen LogP contribution in [0.2, 0.25) is 0 Å². The molecule has 0 aliphatic heterocycles. The Kier molecular flexibility index (Phi) is 5.81. The minimum Gasteiger partial charge on any atom is -0.497 e. The first kappa shape index (κ1) is 18.8. The molecular weight excluding hydrogens is 358 g/mol. The Hall–Kier alpha value is -3.93. The summed E-state index contributed by atoms with van der Waals surface area (Å²) in [5, 5.41) is 10.8. The second kappa shape index (κ2) is 8.64. The van der Waals surface area contributed by atoms with Crippen molar-refractivity contribution in [1.29, 1.82) is 0 Å². The number of methoxy groups -OCH3 is 1. The van der Waals surface area contributed by atoms with Crippen molar-refractivity contribution in [3.05, 3.63) is 100 Å². The van der Waals surface area contributed by atoms with E-state index < -0.39 is 10.9 Å². The molecule has 0 fully saturated rings. The molecule has 0 aliphatic carbocycles. The summed E-state index contributed by atoms with van der Waals surface area (Å²) in [6, 6.07) is 21.8. The molecule has 0 heterocycles. The Morgan fingerprint density at radius 3 is 2.07 bits per heavy atom. The Morgan fingerprint density at radius 1 is 0.893 bits per heavy atom. The third-order valence-corrected chi connectivity index (χ3v) is 3.99. The number of benzene rings is 3. The van der Waals surface area contributed by atoms with Crippen molar-refractivity contribution in [3.8, 4) is 11.5 Å². The van der Waals surface area contributed by atoms with Gasteiger partial charge in [-0.1, -0.05) is 42.5 Å². The number of rotatable bonds is 6. The number of nitro benzene ring substituents is 1. The van der Waals surface area contributed by atoms with Crippen LogP contribution in [0.5, 0.6) is 11.5 Å². The van der Waals surface area contributed by atoms with E-state index in [0.717, 1.165) is 5.56 Å². The van der Waals surface area contributed by atoms with Gasteiger partial charge in [-0.15, -0.1) is 0 Å². The van der Waals surface area contributed by atoms with Gasteiger partial charge in [0, 0.05) is 12.1 Å². The number of nitrogens with zero attached hydrogens (tertiary/aromatic N) is 1. The van der Waals surface area contributed by atoms with Crippen molar-refractivity contribution in [3.63, 3.8) is 0 Å². The first-order valence-electron chi connectivity index (χ1n) is 8.44. The fourth-order valence-corrected chi connectivity index (χ4v) is 2.54. The topological polar surface area (TPSA) is 78.7 Å². The third kappa shape index (κ3) is 4.62. The lowest BCUT2D eigenvalue weighted by Gasteiger charge is -2.09. The van der Waals surface area contributed by atoms with Crippen LogP contribution in [0.25, 0.3) is 11.6 Å². The number of nitro groups is 1. The standard InChI is InChI=1S/C22H17NO5/c1-27-19-11-7-16(8-12-19)15-21(17-5-3-2-4-6-17)22(24)28-20-13-9-18(10-14-20)23(25)26/h2-15H,1H3/b21-15+. The fraction of sp³-hybridized carbons (Fsp3) is 0.0455. The van der Waals surface area contributed by atoms with Crippen molar-refractivity contribution in [2.45, 2.75) is 0 Å². The van der Waals surface area contributed by atoms with Crippen LogP contribution >= 0.6 is 0 Å². The molecule has 3 aromatic carbocycles. The van der Waals surface area contributed by atoms with Crippen molar-refractivity contribution in [2.24, 2.45) is 0 Å². The van der Waals surface area contributed by atoms with Crippen molar-refractivity contribution >= 4 is 23.3 Å². The lowest BCUT2D eigenvalue weighted by molar-refractivity contribution is -0.384. The summed E-state index contributed by atoms with van der Waals surface area (Å²) in [5.41, 5.74) is 1.80. The highest BCUT2D eigenvalue weighted by Gasteiger charge is 2.15. The summed E-state index contributed by atoms with van der Waals surface area (Å²) in [7, 11) is 1.59. The predicted octanol–water partition coefficient (Wildman–Crippen LogP) is 4.75. The third-order valence-electron chi connectivity index (χ3n) is 3.99. The van der Waals surface area contributed by atoms with E-state index in [0.29, 0.717) is 16.9 Å². The fourth-order valence-electron chi connectivity index (χ4n) is 2.54. The molecule has 0 saturated heterocycles. The minimum absolute atomic E-state index is 0.0724. The Bertz CT molecular complexity index is 993. The van der Waals surface area contributed by atoms with Gasteiger partial charge >= 0.3 is 5.97 Å². The maximum Gasteiger partial charge on any atom is 0.344 e. The minimum atomic E-state index is -0.559. The van der Waals surface area contributed by atoms with Gasteiger partial charge in [0.2, 0.25) is 0 Å². The predicted molar refractivity (Wildman–Crippen MR) is 106 cm³/mol. The lowest BCUT2D eigenvalue weighted by atomic mass is 10.0. The molecule has 0 unspecified atom stereocenters. The first-order valence-corrected chi connectivity index (χ1v) is 8.44. The van der Waals surface area contributed by atoms with Crippen LogP contribution in [-0.2, 0) is 4.79 Å². The average molecular weight is 375 g/mol. The van der Waals surface area contributed by atoms with Crippen LogP contribution in [0, 0.1) is 10.1 Å². The molecule has 0 radical (unpaired) electrons. The molecule has 3 rings (SSSR count). The van der Waals surface area contributed by atoms with E-state index in [-0.39, 0.29) is 11.4 Å². The van der Waals surface area contributed by atoms with Gasteiger partial charge < -0.3 is 9.47 Å². The largest absolute Gasteiger partial charge is 0.497 e. The van der Waals surface area contributed by atoms with Crippen LogP contribution in [0.3, 0.4) is 0 Å². The molecule has 0 saturated carbocycles. The Balaban J connectivity index is 1.90. The summed E-state index contributed by atoms with van der Waals surface area (Å²) in [4.78, 5) is 23.1. The Labute approximate surface area is 161 Å². The average Bonchev–Trinajstić information content (AvgIpc) is 2.73. The number of carbonyl (C=O) groups is 1. The SMILES string of the molecule is COc1ccc(/C=C(/C(=O)Oc2ccc([N+](=O)[O-])cc2)c2ccccc2)cc1. The number of non-ortho nitro benzene ring substituents is 1. The highest BCUT2D eigenvalue weighted by Crippen LogP contribution is 2.24. The molecule has 0 aliphatic rings. The Morgan fingerprint density at radius 2 is 1.50 bits per heavy atom. The van der Waals surface area contributed by atoms with Crippen LogP contribution in [-0.4, -0.2) is 18.0 Å². The van der Waals surface area contributed by atoms with Gasteiger partial charge in [-0.25, -0.2) is 4.79 Å². The van der Waals surface area contributed by atoms with Crippen molar-refractivity contribution < 1.29 is 19.2 Å². The molecule has 6 heteroatoms. The van der Waals surface area contributed by atoms with Crippen LogP contribution < -0.4 is 9.47 Å². The van der Waals surface area contributed by atoms with Crippen LogP contribution in [0.15, 0.2) is 78.9 Å². The summed E-state index contributed by atoms with van der Waals surface area (Å²) in [6.07, 6.45) is 1.72. The highest BCUT2D eigenvalue weighted by atomic mass is 16.6. The highest BCUT2D eigenvalue weighted by molar-refractivity contribution is 6.22. The zero-order valence-corrected chi connectivity index (χ0v) is 15.1. The zero-order valence-electron chi connectivity index (χ0n) is 15.1. The number of hydrogen-bond acceptors (Lipinski definition) is 5. The molecule has 0 atom stereocenters. The maximum absolute atomic E-state index is 12.8. The second-order valence-electron chi connectivity index (χ2n) is 5.84. The molecule has 0 bridgehead atoms. The van der Waals surface area contributed by atoms with Gasteiger partial charge in [-0.3, -0.25) is 10.1 Å². The van der Waals surface area contributed by atoms with Gasteiger partial charge in [-0.2, -0.15) is 0 Å². The van der Waals surface area contributed by atoms with E-state index in [1.165, 1.54) is 24.3 Å². The summed E-state index contributed by atoms with van der Waals surface area (Å²) in [5.74, 6) is 0.384. The summed E-state index contributed by atoms with van der Waals surface area (Å²) >= 11 is 0. The van der Waals surface area contributed by atoms with Gasteiger partial charge in [0.25, 0.3) is 5.69 Å². The van der Waals surface area contributed by atoms with Crippen molar-refractivity contribution in [2.75, 3.05) is 7.11 Å². The quantitative estimate of drug-likeness (QED) is 0.155. The van der Waals surface area contributed by atoms with E-state index in [2.05, 4.69) is 0 Å². The van der Waals surface area contributed by atoms with Crippen LogP contribution in [0.4, 0.5) is 5.69 Å².